The molecule has 0 bridgehead atoms. The monoisotopic (exact) mass is 249 g/mol. The second kappa shape index (κ2) is 5.17. The van der Waals surface area contributed by atoms with Crippen molar-refractivity contribution in [2.75, 3.05) is 0 Å². The SMILES string of the molecule is CC(O)c1ccc(Oc2cccnc2)cc1Cl. The molecule has 17 heavy (non-hydrogen) atoms. The highest BCUT2D eigenvalue weighted by atomic mass is 35.5. The average molecular weight is 250 g/mol. The Labute approximate surface area is 105 Å². The molecule has 1 aromatic heterocycles. The Morgan fingerprint density at radius 2 is 2.12 bits per heavy atom. The standard InChI is InChI=1S/C13H12ClNO2/c1-9(16)12-5-4-10(7-13(12)14)17-11-3-2-6-15-8-11/h2-9,16H,1H3. The molecule has 1 atom stereocenters. The predicted octanol–water partition coefficient (Wildman–Crippen LogP) is 3.58. The smallest absolute Gasteiger partial charge is 0.145 e. The summed E-state index contributed by atoms with van der Waals surface area (Å²) in [4.78, 5) is 3.95. The molecule has 1 N–H and O–H groups in total. The number of aliphatic hydroxyl groups excluding tert-OH is 1. The molecule has 2 aromatic rings. The molecule has 0 aliphatic carbocycles. The van der Waals surface area contributed by atoms with Gasteiger partial charge in [0, 0.05) is 6.20 Å². The normalized spacial score (nSPS) is 12.2. The van der Waals surface area contributed by atoms with E-state index < -0.39 is 6.10 Å². The lowest BCUT2D eigenvalue weighted by Gasteiger charge is -2.10. The molecule has 4 heteroatoms. The van der Waals surface area contributed by atoms with Crippen LogP contribution in [0.3, 0.4) is 0 Å². The maximum atomic E-state index is 9.45. The van der Waals surface area contributed by atoms with Gasteiger partial charge in [0.05, 0.1) is 17.3 Å². The topological polar surface area (TPSA) is 42.4 Å². The Bertz CT molecular complexity index is 500. The van der Waals surface area contributed by atoms with Gasteiger partial charge in [-0.05, 0) is 36.8 Å². The van der Waals surface area contributed by atoms with Crippen LogP contribution in [0.25, 0.3) is 0 Å². The van der Waals surface area contributed by atoms with E-state index in [-0.39, 0.29) is 0 Å². The van der Waals surface area contributed by atoms with Crippen molar-refractivity contribution in [1.82, 2.24) is 4.98 Å². The number of hydrogen-bond acceptors (Lipinski definition) is 3. The second-order valence-electron chi connectivity index (χ2n) is 3.65. The highest BCUT2D eigenvalue weighted by Crippen LogP contribution is 2.29. The Morgan fingerprint density at radius 3 is 2.71 bits per heavy atom. The molecule has 2 rings (SSSR count). The molecular weight excluding hydrogens is 238 g/mol. The lowest BCUT2D eigenvalue weighted by atomic mass is 10.1. The van der Waals surface area contributed by atoms with E-state index in [4.69, 9.17) is 16.3 Å². The minimum absolute atomic E-state index is 0.487. The zero-order chi connectivity index (χ0) is 12.3. The summed E-state index contributed by atoms with van der Waals surface area (Å²) in [6.45, 7) is 1.67. The van der Waals surface area contributed by atoms with Crippen LogP contribution < -0.4 is 4.74 Å². The lowest BCUT2D eigenvalue weighted by Crippen LogP contribution is -1.93. The fraction of sp³-hybridized carbons (Fsp3) is 0.154. The van der Waals surface area contributed by atoms with Crippen LogP contribution in [-0.2, 0) is 0 Å². The van der Waals surface area contributed by atoms with E-state index in [1.165, 1.54) is 0 Å². The molecule has 0 saturated heterocycles. The van der Waals surface area contributed by atoms with Crippen LogP contribution >= 0.6 is 11.6 Å². The number of benzene rings is 1. The van der Waals surface area contributed by atoms with Crippen molar-refractivity contribution in [3.63, 3.8) is 0 Å². The summed E-state index contributed by atoms with van der Waals surface area (Å²) in [6.07, 6.45) is 2.71. The predicted molar refractivity (Wildman–Crippen MR) is 66.4 cm³/mol. The highest BCUT2D eigenvalue weighted by molar-refractivity contribution is 6.31. The van der Waals surface area contributed by atoms with Crippen molar-refractivity contribution in [3.05, 3.63) is 53.3 Å². The van der Waals surface area contributed by atoms with Gasteiger partial charge in [-0.2, -0.15) is 0 Å². The van der Waals surface area contributed by atoms with Gasteiger partial charge < -0.3 is 9.84 Å². The fourth-order valence-electron chi connectivity index (χ4n) is 1.45. The molecule has 0 aliphatic heterocycles. The number of ether oxygens (including phenoxy) is 1. The molecule has 0 radical (unpaired) electrons. The van der Waals surface area contributed by atoms with Crippen molar-refractivity contribution in [3.8, 4) is 11.5 Å². The molecule has 1 aromatic carbocycles. The Kier molecular flexibility index (Phi) is 3.61. The summed E-state index contributed by atoms with van der Waals surface area (Å²) in [5, 5.41) is 9.94. The van der Waals surface area contributed by atoms with Gasteiger partial charge in [0.15, 0.2) is 0 Å². The molecule has 88 valence electrons. The first-order valence-electron chi connectivity index (χ1n) is 5.22. The molecule has 0 saturated carbocycles. The molecule has 0 amide bonds. The number of aromatic nitrogens is 1. The molecule has 3 nitrogen and oxygen atoms in total. The quantitative estimate of drug-likeness (QED) is 0.904. The van der Waals surface area contributed by atoms with Gasteiger partial charge >= 0.3 is 0 Å². The van der Waals surface area contributed by atoms with Gasteiger partial charge in [-0.25, -0.2) is 0 Å². The molecule has 1 heterocycles. The van der Waals surface area contributed by atoms with Crippen molar-refractivity contribution < 1.29 is 9.84 Å². The number of halogens is 1. The summed E-state index contributed by atoms with van der Waals surface area (Å²) in [5.74, 6) is 1.26. The van der Waals surface area contributed by atoms with E-state index >= 15 is 0 Å². The van der Waals surface area contributed by atoms with Crippen LogP contribution in [0, 0.1) is 0 Å². The number of nitrogens with zero attached hydrogens (tertiary/aromatic N) is 1. The number of aliphatic hydroxyl groups is 1. The van der Waals surface area contributed by atoms with E-state index in [0.717, 1.165) is 0 Å². The van der Waals surface area contributed by atoms with Crippen molar-refractivity contribution in [2.45, 2.75) is 13.0 Å². The van der Waals surface area contributed by atoms with Crippen LogP contribution in [0.4, 0.5) is 0 Å². The van der Waals surface area contributed by atoms with Crippen molar-refractivity contribution in [1.29, 1.82) is 0 Å². The third-order valence-electron chi connectivity index (χ3n) is 2.29. The van der Waals surface area contributed by atoms with Gasteiger partial charge in [-0.1, -0.05) is 17.7 Å². The maximum absolute atomic E-state index is 9.45. The Hall–Kier alpha value is -1.58. The van der Waals surface area contributed by atoms with Crippen molar-refractivity contribution >= 4 is 11.6 Å². The summed E-state index contributed by atoms with van der Waals surface area (Å²) in [5.41, 5.74) is 0.685. The minimum Gasteiger partial charge on any atom is -0.456 e. The van der Waals surface area contributed by atoms with Crippen LogP contribution in [0.15, 0.2) is 42.7 Å². The Balaban J connectivity index is 2.21. The third kappa shape index (κ3) is 2.96. The van der Waals surface area contributed by atoms with Crippen LogP contribution in [0.5, 0.6) is 11.5 Å². The van der Waals surface area contributed by atoms with Gasteiger partial charge in [0.2, 0.25) is 0 Å². The summed E-state index contributed by atoms with van der Waals surface area (Å²) >= 11 is 6.03. The summed E-state index contributed by atoms with van der Waals surface area (Å²) in [7, 11) is 0. The number of hydrogen-bond donors (Lipinski definition) is 1. The zero-order valence-corrected chi connectivity index (χ0v) is 10.1. The third-order valence-corrected chi connectivity index (χ3v) is 2.62. The van der Waals surface area contributed by atoms with E-state index in [0.29, 0.717) is 22.1 Å². The fourth-order valence-corrected chi connectivity index (χ4v) is 1.78. The minimum atomic E-state index is -0.588. The van der Waals surface area contributed by atoms with Gasteiger partial charge in [0.1, 0.15) is 11.5 Å². The van der Waals surface area contributed by atoms with E-state index in [2.05, 4.69) is 4.98 Å². The number of pyridine rings is 1. The first kappa shape index (κ1) is 11.9. The van der Waals surface area contributed by atoms with Crippen LogP contribution in [-0.4, -0.2) is 10.1 Å². The zero-order valence-electron chi connectivity index (χ0n) is 9.30. The summed E-state index contributed by atoms with van der Waals surface area (Å²) in [6, 6.07) is 8.79. The molecule has 0 spiro atoms. The molecular formula is C13H12ClNO2. The molecule has 1 unspecified atom stereocenters. The van der Waals surface area contributed by atoms with Crippen LogP contribution in [0.1, 0.15) is 18.6 Å². The van der Waals surface area contributed by atoms with E-state index in [1.807, 2.05) is 6.07 Å². The van der Waals surface area contributed by atoms with E-state index in [9.17, 15) is 5.11 Å². The van der Waals surface area contributed by atoms with Gasteiger partial charge in [0.25, 0.3) is 0 Å². The second-order valence-corrected chi connectivity index (χ2v) is 4.06. The summed E-state index contributed by atoms with van der Waals surface area (Å²) < 4.78 is 5.57. The van der Waals surface area contributed by atoms with Gasteiger partial charge in [-0.15, -0.1) is 0 Å². The first-order chi connectivity index (χ1) is 8.16. The van der Waals surface area contributed by atoms with Crippen molar-refractivity contribution in [2.24, 2.45) is 0 Å². The van der Waals surface area contributed by atoms with Gasteiger partial charge in [-0.3, -0.25) is 4.98 Å². The lowest BCUT2D eigenvalue weighted by molar-refractivity contribution is 0.199. The maximum Gasteiger partial charge on any atom is 0.145 e. The highest BCUT2D eigenvalue weighted by Gasteiger charge is 2.07. The van der Waals surface area contributed by atoms with E-state index in [1.54, 1.807) is 43.6 Å². The first-order valence-corrected chi connectivity index (χ1v) is 5.60. The largest absolute Gasteiger partial charge is 0.456 e. The Morgan fingerprint density at radius 1 is 1.29 bits per heavy atom. The molecule has 0 aliphatic rings. The van der Waals surface area contributed by atoms with Crippen LogP contribution in [0.2, 0.25) is 5.02 Å². The average Bonchev–Trinajstić information content (AvgIpc) is 2.30. The molecule has 0 fully saturated rings. The number of rotatable bonds is 3.